The summed E-state index contributed by atoms with van der Waals surface area (Å²) in [5.41, 5.74) is 1.28. The van der Waals surface area contributed by atoms with Crippen molar-refractivity contribution in [2.75, 3.05) is 20.1 Å². The van der Waals surface area contributed by atoms with E-state index in [1.165, 1.54) is 0 Å². The van der Waals surface area contributed by atoms with Crippen LogP contribution in [-0.4, -0.2) is 47.2 Å². The number of nitrogens with zero attached hydrogens (tertiary/aromatic N) is 3. The van der Waals surface area contributed by atoms with E-state index < -0.39 is 11.7 Å². The lowest BCUT2D eigenvalue weighted by atomic mass is 10.2. The van der Waals surface area contributed by atoms with E-state index in [1.807, 2.05) is 49.7 Å². The number of hydrogen-bond donors (Lipinski definition) is 3. The minimum atomic E-state index is -0.501. The Bertz CT molecular complexity index is 787. The van der Waals surface area contributed by atoms with Crippen molar-refractivity contribution in [3.63, 3.8) is 0 Å². The zero-order chi connectivity index (χ0) is 19.2. The molecular weight excluding hydrogens is 527 g/mol. The van der Waals surface area contributed by atoms with Crippen molar-refractivity contribution < 1.29 is 9.53 Å². The van der Waals surface area contributed by atoms with Crippen LogP contribution < -0.4 is 16.0 Å². The molecule has 0 atom stereocenters. The van der Waals surface area contributed by atoms with Crippen molar-refractivity contribution in [2.24, 2.45) is 4.99 Å². The molecule has 8 nitrogen and oxygen atoms in total. The number of aromatic nitrogens is 2. The fourth-order valence-corrected chi connectivity index (χ4v) is 2.51. The van der Waals surface area contributed by atoms with E-state index in [9.17, 15) is 4.79 Å². The smallest absolute Gasteiger partial charge is 0.407 e. The van der Waals surface area contributed by atoms with Gasteiger partial charge < -0.3 is 25.1 Å². The molecule has 0 radical (unpaired) electrons. The van der Waals surface area contributed by atoms with Gasteiger partial charge in [-0.15, -0.1) is 24.0 Å². The van der Waals surface area contributed by atoms with Gasteiger partial charge in [-0.05, 0) is 48.8 Å². The maximum atomic E-state index is 11.6. The summed E-state index contributed by atoms with van der Waals surface area (Å²) in [6.07, 6.45) is 3.49. The Kier molecular flexibility index (Phi) is 9.30. The first-order valence-corrected chi connectivity index (χ1v) is 9.10. The molecule has 27 heavy (non-hydrogen) atoms. The highest BCUT2D eigenvalue weighted by Crippen LogP contribution is 2.12. The quantitative estimate of drug-likeness (QED) is 0.230. The molecule has 0 aromatic carbocycles. The van der Waals surface area contributed by atoms with E-state index in [4.69, 9.17) is 4.74 Å². The molecule has 0 bridgehead atoms. The SMILES string of the molecule is CN=C(NCCNC(=O)OC(C)(C)C)NCc1cn2cc(Br)ccc2n1.I. The molecule has 1 amide bonds. The van der Waals surface area contributed by atoms with E-state index in [1.54, 1.807) is 7.05 Å². The molecule has 0 fully saturated rings. The van der Waals surface area contributed by atoms with Gasteiger partial charge in [0, 0.05) is 37.0 Å². The highest BCUT2D eigenvalue weighted by atomic mass is 127. The van der Waals surface area contributed by atoms with Crippen LogP contribution in [0.5, 0.6) is 0 Å². The number of imidazole rings is 1. The highest BCUT2D eigenvalue weighted by Gasteiger charge is 2.15. The minimum absolute atomic E-state index is 0. The monoisotopic (exact) mass is 552 g/mol. The standard InChI is InChI=1S/C17H25BrN6O2.HI/c1-17(2,3)26-16(25)21-8-7-20-15(19-4)22-9-13-11-24-10-12(18)5-6-14(24)23-13;/h5-6,10-11H,7-9H2,1-4H3,(H,21,25)(H2,19,20,22);1H. The van der Waals surface area contributed by atoms with Crippen LogP contribution in [0.2, 0.25) is 0 Å². The normalized spacial score (nSPS) is 11.7. The number of rotatable bonds is 5. The van der Waals surface area contributed by atoms with E-state index in [-0.39, 0.29) is 24.0 Å². The third-order valence-corrected chi connectivity index (χ3v) is 3.68. The van der Waals surface area contributed by atoms with Gasteiger partial charge in [0.25, 0.3) is 0 Å². The van der Waals surface area contributed by atoms with Crippen molar-refractivity contribution in [2.45, 2.75) is 32.9 Å². The molecule has 0 aliphatic rings. The van der Waals surface area contributed by atoms with Crippen molar-refractivity contribution in [1.82, 2.24) is 25.3 Å². The van der Waals surface area contributed by atoms with Crippen molar-refractivity contribution in [1.29, 1.82) is 0 Å². The van der Waals surface area contributed by atoms with Gasteiger partial charge in [-0.3, -0.25) is 4.99 Å². The summed E-state index contributed by atoms with van der Waals surface area (Å²) in [6, 6.07) is 3.90. The fourth-order valence-electron chi connectivity index (χ4n) is 2.16. The molecule has 0 spiro atoms. The van der Waals surface area contributed by atoms with Crippen LogP contribution in [0, 0.1) is 0 Å². The van der Waals surface area contributed by atoms with Gasteiger partial charge in [-0.1, -0.05) is 0 Å². The van der Waals surface area contributed by atoms with Gasteiger partial charge in [-0.2, -0.15) is 0 Å². The number of ether oxygens (including phenoxy) is 1. The van der Waals surface area contributed by atoms with E-state index in [0.717, 1.165) is 15.8 Å². The molecule has 150 valence electrons. The van der Waals surface area contributed by atoms with E-state index in [0.29, 0.717) is 25.6 Å². The average Bonchev–Trinajstić information content (AvgIpc) is 2.94. The molecule has 2 heterocycles. The van der Waals surface area contributed by atoms with Gasteiger partial charge in [-0.25, -0.2) is 9.78 Å². The van der Waals surface area contributed by atoms with Crippen LogP contribution in [0.1, 0.15) is 26.5 Å². The van der Waals surface area contributed by atoms with Gasteiger partial charge in [0.05, 0.1) is 12.2 Å². The third-order valence-electron chi connectivity index (χ3n) is 3.21. The van der Waals surface area contributed by atoms with E-state index in [2.05, 4.69) is 41.9 Å². The maximum Gasteiger partial charge on any atom is 0.407 e. The second-order valence-corrected chi connectivity index (χ2v) is 7.54. The number of carbonyl (C=O) groups is 1. The molecule has 2 aromatic rings. The Morgan fingerprint density at radius 1 is 1.22 bits per heavy atom. The second kappa shape index (κ2) is 10.7. The highest BCUT2D eigenvalue weighted by molar-refractivity contribution is 14.0. The summed E-state index contributed by atoms with van der Waals surface area (Å²) in [7, 11) is 1.69. The predicted octanol–water partition coefficient (Wildman–Crippen LogP) is 2.90. The summed E-state index contributed by atoms with van der Waals surface area (Å²) in [6.45, 7) is 6.98. The Morgan fingerprint density at radius 3 is 2.59 bits per heavy atom. The molecule has 0 aliphatic carbocycles. The Labute approximate surface area is 184 Å². The van der Waals surface area contributed by atoms with Crippen LogP contribution in [0.4, 0.5) is 4.79 Å². The van der Waals surface area contributed by atoms with Gasteiger partial charge in [0.15, 0.2) is 5.96 Å². The average molecular weight is 553 g/mol. The number of hydrogen-bond acceptors (Lipinski definition) is 4. The van der Waals surface area contributed by atoms with Crippen LogP contribution >= 0.6 is 39.9 Å². The molecule has 10 heteroatoms. The molecule has 2 rings (SSSR count). The minimum Gasteiger partial charge on any atom is -0.444 e. The van der Waals surface area contributed by atoms with E-state index >= 15 is 0 Å². The van der Waals surface area contributed by atoms with Gasteiger partial charge >= 0.3 is 6.09 Å². The summed E-state index contributed by atoms with van der Waals surface area (Å²) in [5.74, 6) is 0.634. The first-order chi connectivity index (χ1) is 12.3. The maximum absolute atomic E-state index is 11.6. The first-order valence-electron chi connectivity index (χ1n) is 8.31. The lowest BCUT2D eigenvalue weighted by Gasteiger charge is -2.19. The molecular formula is C17H26BrIN6O2. The number of fused-ring (bicyclic) bond motifs is 1. The Hall–Kier alpha value is -1.56. The lowest BCUT2D eigenvalue weighted by molar-refractivity contribution is 0.0529. The number of pyridine rings is 1. The number of aliphatic imine (C=N–C) groups is 1. The van der Waals surface area contributed by atoms with Crippen molar-refractivity contribution in [3.05, 3.63) is 34.7 Å². The number of halogens is 2. The summed E-state index contributed by atoms with van der Waals surface area (Å²) < 4.78 is 8.13. The molecule has 0 unspecified atom stereocenters. The molecule has 0 saturated heterocycles. The molecule has 2 aromatic heterocycles. The van der Waals surface area contributed by atoms with Gasteiger partial charge in [0.2, 0.25) is 0 Å². The summed E-state index contributed by atoms with van der Waals surface area (Å²) in [4.78, 5) is 20.3. The largest absolute Gasteiger partial charge is 0.444 e. The first kappa shape index (κ1) is 23.5. The molecule has 0 saturated carbocycles. The Morgan fingerprint density at radius 2 is 1.93 bits per heavy atom. The third kappa shape index (κ3) is 8.33. The zero-order valence-corrected chi connectivity index (χ0v) is 19.8. The van der Waals surface area contributed by atoms with Crippen LogP contribution in [0.25, 0.3) is 5.65 Å². The summed E-state index contributed by atoms with van der Waals surface area (Å²) >= 11 is 3.44. The second-order valence-electron chi connectivity index (χ2n) is 6.63. The van der Waals surface area contributed by atoms with Crippen LogP contribution in [0.15, 0.2) is 34.0 Å². The van der Waals surface area contributed by atoms with Gasteiger partial charge in [0.1, 0.15) is 11.2 Å². The fraction of sp³-hybridized carbons (Fsp3) is 0.471. The van der Waals surface area contributed by atoms with Crippen LogP contribution in [0.3, 0.4) is 0 Å². The van der Waals surface area contributed by atoms with Crippen molar-refractivity contribution >= 4 is 57.6 Å². The Balaban J connectivity index is 0.00000364. The topological polar surface area (TPSA) is 92.0 Å². The number of alkyl carbamates (subject to hydrolysis) is 1. The predicted molar refractivity (Wildman–Crippen MR) is 121 cm³/mol. The number of nitrogens with one attached hydrogen (secondary N) is 3. The van der Waals surface area contributed by atoms with Crippen LogP contribution in [-0.2, 0) is 11.3 Å². The number of guanidine groups is 1. The number of carbonyl (C=O) groups excluding carboxylic acids is 1. The summed E-state index contributed by atoms with van der Waals surface area (Å²) in [5, 5.41) is 9.01. The molecule has 3 N–H and O–H groups in total. The zero-order valence-electron chi connectivity index (χ0n) is 15.9. The van der Waals surface area contributed by atoms with Crippen molar-refractivity contribution in [3.8, 4) is 0 Å². The lowest BCUT2D eigenvalue weighted by Crippen LogP contribution is -2.42. The number of amides is 1. The molecule has 0 aliphatic heterocycles.